The first-order chi connectivity index (χ1) is 10.9. The molecule has 0 aromatic heterocycles. The summed E-state index contributed by atoms with van der Waals surface area (Å²) in [5, 5.41) is 5.02. The first-order valence-electron chi connectivity index (χ1n) is 7.00. The van der Waals surface area contributed by atoms with Crippen LogP contribution in [0.5, 0.6) is 0 Å². The molecule has 0 aliphatic carbocycles. The Morgan fingerprint density at radius 1 is 1.09 bits per heavy atom. The Bertz CT molecular complexity index is 717. The molecule has 0 bridgehead atoms. The van der Waals surface area contributed by atoms with Crippen LogP contribution in [0.25, 0.3) is 0 Å². The summed E-state index contributed by atoms with van der Waals surface area (Å²) in [5.41, 5.74) is 2.77. The largest absolute Gasteiger partial charge is 0.325 e. The van der Waals surface area contributed by atoms with E-state index in [1.165, 1.54) is 11.8 Å². The summed E-state index contributed by atoms with van der Waals surface area (Å²) >= 11 is 4.74. The lowest BCUT2D eigenvalue weighted by Crippen LogP contribution is -2.35. The maximum Gasteiger partial charge on any atom is 0.325 e. The van der Waals surface area contributed by atoms with E-state index in [0.717, 1.165) is 20.5 Å². The molecule has 2 rings (SSSR count). The van der Waals surface area contributed by atoms with Crippen LogP contribution in [0, 0.1) is 13.8 Å². The van der Waals surface area contributed by atoms with Crippen molar-refractivity contribution in [3.8, 4) is 0 Å². The number of benzene rings is 2. The fraction of sp³-hybridized carbons (Fsp3) is 0.176. The number of imide groups is 1. The van der Waals surface area contributed by atoms with Crippen LogP contribution in [0.2, 0.25) is 0 Å². The quantitative estimate of drug-likeness (QED) is 0.752. The summed E-state index contributed by atoms with van der Waals surface area (Å²) in [6.07, 6.45) is 0. The number of thioether (sulfide) groups is 1. The highest BCUT2D eigenvalue weighted by Crippen LogP contribution is 2.20. The predicted octanol–water partition coefficient (Wildman–Crippen LogP) is 4.51. The van der Waals surface area contributed by atoms with E-state index in [4.69, 9.17) is 0 Å². The summed E-state index contributed by atoms with van der Waals surface area (Å²) in [6, 6.07) is 12.8. The van der Waals surface area contributed by atoms with E-state index in [1.54, 1.807) is 0 Å². The van der Waals surface area contributed by atoms with E-state index in [1.807, 2.05) is 56.3 Å². The van der Waals surface area contributed by atoms with Gasteiger partial charge in [0.25, 0.3) is 0 Å². The zero-order valence-electron chi connectivity index (χ0n) is 12.9. The average Bonchev–Trinajstić information content (AvgIpc) is 2.49. The minimum Gasteiger partial charge on any atom is -0.307 e. The highest BCUT2D eigenvalue weighted by atomic mass is 79.9. The highest BCUT2D eigenvalue weighted by molar-refractivity contribution is 9.10. The Labute approximate surface area is 148 Å². The Hall–Kier alpha value is -1.79. The van der Waals surface area contributed by atoms with E-state index >= 15 is 0 Å². The molecule has 4 nitrogen and oxygen atoms in total. The van der Waals surface area contributed by atoms with Gasteiger partial charge >= 0.3 is 6.03 Å². The molecule has 2 N–H and O–H groups in total. The second-order valence-electron chi connectivity index (χ2n) is 5.06. The minimum atomic E-state index is -0.515. The Balaban J connectivity index is 1.82. The molecule has 0 spiro atoms. The fourth-order valence-electron chi connectivity index (χ4n) is 1.95. The lowest BCUT2D eigenvalue weighted by atomic mass is 10.1. The number of anilines is 1. The standard InChI is InChI=1S/C17H17BrN2O2S/c1-11-3-8-15(12(2)9-11)19-17(22)20-16(21)10-23-14-6-4-13(18)5-7-14/h3-9H,10H2,1-2H3,(H2,19,20,21,22). The molecule has 2 aromatic carbocycles. The highest BCUT2D eigenvalue weighted by Gasteiger charge is 2.09. The molecule has 0 fully saturated rings. The summed E-state index contributed by atoms with van der Waals surface area (Å²) in [7, 11) is 0. The van der Waals surface area contributed by atoms with Crippen molar-refractivity contribution in [3.05, 3.63) is 58.1 Å². The normalized spacial score (nSPS) is 10.2. The SMILES string of the molecule is Cc1ccc(NC(=O)NC(=O)CSc2ccc(Br)cc2)c(C)c1. The first-order valence-corrected chi connectivity index (χ1v) is 8.78. The maximum atomic E-state index is 11.9. The van der Waals surface area contributed by atoms with E-state index < -0.39 is 6.03 Å². The van der Waals surface area contributed by atoms with Crippen LogP contribution in [0.4, 0.5) is 10.5 Å². The van der Waals surface area contributed by atoms with Gasteiger partial charge < -0.3 is 5.32 Å². The van der Waals surface area contributed by atoms with Gasteiger partial charge in [-0.15, -0.1) is 11.8 Å². The monoisotopic (exact) mass is 392 g/mol. The van der Waals surface area contributed by atoms with Gasteiger partial charge in [0, 0.05) is 15.1 Å². The number of carbonyl (C=O) groups is 2. The zero-order valence-corrected chi connectivity index (χ0v) is 15.3. The van der Waals surface area contributed by atoms with Gasteiger partial charge in [-0.1, -0.05) is 33.6 Å². The van der Waals surface area contributed by atoms with Crippen molar-refractivity contribution in [2.45, 2.75) is 18.7 Å². The average molecular weight is 393 g/mol. The van der Waals surface area contributed by atoms with Crippen molar-refractivity contribution in [1.82, 2.24) is 5.32 Å². The molecule has 0 aliphatic rings. The second kappa shape index (κ2) is 8.17. The molecule has 0 aliphatic heterocycles. The van der Waals surface area contributed by atoms with E-state index in [-0.39, 0.29) is 11.7 Å². The second-order valence-corrected chi connectivity index (χ2v) is 7.03. The molecule has 2 aromatic rings. The van der Waals surface area contributed by atoms with Crippen molar-refractivity contribution in [2.75, 3.05) is 11.1 Å². The van der Waals surface area contributed by atoms with Gasteiger partial charge in [0.05, 0.1) is 5.75 Å². The molecular weight excluding hydrogens is 376 g/mol. The molecule has 0 saturated carbocycles. The van der Waals surface area contributed by atoms with Crippen LogP contribution in [0.1, 0.15) is 11.1 Å². The summed E-state index contributed by atoms with van der Waals surface area (Å²) < 4.78 is 0.985. The van der Waals surface area contributed by atoms with Crippen molar-refractivity contribution < 1.29 is 9.59 Å². The number of urea groups is 1. The van der Waals surface area contributed by atoms with Crippen molar-refractivity contribution in [2.24, 2.45) is 0 Å². The molecule has 3 amide bonds. The minimum absolute atomic E-state index is 0.182. The Morgan fingerprint density at radius 2 is 1.78 bits per heavy atom. The number of halogens is 1. The fourth-order valence-corrected chi connectivity index (χ4v) is 2.91. The molecule has 120 valence electrons. The van der Waals surface area contributed by atoms with Crippen LogP contribution in [0.15, 0.2) is 51.8 Å². The third-order valence-electron chi connectivity index (χ3n) is 3.07. The van der Waals surface area contributed by atoms with Crippen LogP contribution in [-0.2, 0) is 4.79 Å². The number of hydrogen-bond donors (Lipinski definition) is 2. The third-order valence-corrected chi connectivity index (χ3v) is 4.61. The van der Waals surface area contributed by atoms with Gasteiger partial charge in [0.15, 0.2) is 0 Å². The molecule has 23 heavy (non-hydrogen) atoms. The Morgan fingerprint density at radius 3 is 2.43 bits per heavy atom. The van der Waals surface area contributed by atoms with Gasteiger partial charge in [-0.25, -0.2) is 4.79 Å². The molecule has 0 unspecified atom stereocenters. The Kier molecular flexibility index (Phi) is 6.24. The van der Waals surface area contributed by atoms with Crippen LogP contribution >= 0.6 is 27.7 Å². The van der Waals surface area contributed by atoms with Crippen molar-refractivity contribution in [3.63, 3.8) is 0 Å². The smallest absolute Gasteiger partial charge is 0.307 e. The first kappa shape index (κ1) is 17.6. The topological polar surface area (TPSA) is 58.2 Å². The van der Waals surface area contributed by atoms with Crippen LogP contribution in [0.3, 0.4) is 0 Å². The molecule has 6 heteroatoms. The molecule has 0 radical (unpaired) electrons. The van der Waals surface area contributed by atoms with Gasteiger partial charge in [0.1, 0.15) is 0 Å². The van der Waals surface area contributed by atoms with E-state index in [2.05, 4.69) is 26.6 Å². The molecule has 0 atom stereocenters. The van der Waals surface area contributed by atoms with E-state index in [0.29, 0.717) is 5.69 Å². The van der Waals surface area contributed by atoms with E-state index in [9.17, 15) is 9.59 Å². The maximum absolute atomic E-state index is 11.9. The number of aryl methyl sites for hydroxylation is 2. The summed E-state index contributed by atoms with van der Waals surface area (Å²) in [6.45, 7) is 3.90. The summed E-state index contributed by atoms with van der Waals surface area (Å²) in [5.74, 6) is -0.151. The van der Waals surface area contributed by atoms with Crippen LogP contribution < -0.4 is 10.6 Å². The lowest BCUT2D eigenvalue weighted by molar-refractivity contribution is -0.117. The van der Waals surface area contributed by atoms with Gasteiger partial charge in [-0.2, -0.15) is 0 Å². The zero-order chi connectivity index (χ0) is 16.8. The third kappa shape index (κ3) is 5.73. The number of nitrogens with one attached hydrogen (secondary N) is 2. The van der Waals surface area contributed by atoms with Crippen molar-refractivity contribution >= 4 is 45.3 Å². The molecule has 0 saturated heterocycles. The van der Waals surface area contributed by atoms with Gasteiger partial charge in [-0.05, 0) is 49.7 Å². The predicted molar refractivity (Wildman–Crippen MR) is 97.9 cm³/mol. The lowest BCUT2D eigenvalue weighted by Gasteiger charge is -2.09. The number of rotatable bonds is 4. The number of carbonyl (C=O) groups excluding carboxylic acids is 2. The molecule has 0 heterocycles. The van der Waals surface area contributed by atoms with Crippen LogP contribution in [-0.4, -0.2) is 17.7 Å². The van der Waals surface area contributed by atoms with Gasteiger partial charge in [-0.3, -0.25) is 10.1 Å². The van der Waals surface area contributed by atoms with Crippen molar-refractivity contribution in [1.29, 1.82) is 0 Å². The number of amides is 3. The summed E-state index contributed by atoms with van der Waals surface area (Å²) in [4.78, 5) is 24.6. The number of hydrogen-bond acceptors (Lipinski definition) is 3. The molecular formula is C17H17BrN2O2S. The van der Waals surface area contributed by atoms with Gasteiger partial charge in [0.2, 0.25) is 5.91 Å².